The first-order chi connectivity index (χ1) is 9.30. The van der Waals surface area contributed by atoms with Gasteiger partial charge in [0, 0.05) is 0 Å². The van der Waals surface area contributed by atoms with Crippen molar-refractivity contribution in [3.63, 3.8) is 0 Å². The van der Waals surface area contributed by atoms with Gasteiger partial charge in [-0.25, -0.2) is 4.79 Å². The Balaban J connectivity index is 2.39. The molecule has 0 spiro atoms. The number of carbonyl (C=O) groups excluding carboxylic acids is 1. The molecular weight excluding hydrogens is 279 g/mol. The number of carboxylic acids is 1. The van der Waals surface area contributed by atoms with Crippen molar-refractivity contribution >= 4 is 17.6 Å². The Hall–Kier alpha value is -2.09. The normalized spacial score (nSPS) is 20.1. The molecule has 1 atom stereocenters. The van der Waals surface area contributed by atoms with Gasteiger partial charge in [0.05, 0.1) is 17.8 Å². The fraction of sp³-hybridized carbons (Fsp3) is 0.333. The maximum absolute atomic E-state index is 12.9. The number of hydrogen-bond donors (Lipinski definition) is 1. The van der Waals surface area contributed by atoms with Crippen LogP contribution in [0.3, 0.4) is 0 Å². The lowest BCUT2D eigenvalue weighted by molar-refractivity contribution is -0.154. The van der Waals surface area contributed by atoms with Gasteiger partial charge in [-0.05, 0) is 12.1 Å². The number of anilines is 1. The second kappa shape index (κ2) is 5.12. The summed E-state index contributed by atoms with van der Waals surface area (Å²) in [5.41, 5.74) is -1.35. The number of rotatable bonds is 2. The highest BCUT2D eigenvalue weighted by Gasteiger charge is 2.38. The summed E-state index contributed by atoms with van der Waals surface area (Å²) < 4.78 is 43.5. The number of benzene rings is 1. The van der Waals surface area contributed by atoms with Gasteiger partial charge in [-0.15, -0.1) is 0 Å². The Bertz CT molecular complexity index is 544. The van der Waals surface area contributed by atoms with Crippen LogP contribution < -0.4 is 4.90 Å². The number of alkyl halides is 3. The molecule has 0 aliphatic carbocycles. The third-order valence-corrected chi connectivity index (χ3v) is 2.83. The average Bonchev–Trinajstić information content (AvgIpc) is 2.38. The zero-order chi connectivity index (χ0) is 14.9. The number of hydrogen-bond acceptors (Lipinski definition) is 3. The van der Waals surface area contributed by atoms with Crippen LogP contribution in [0.5, 0.6) is 0 Å². The fourth-order valence-corrected chi connectivity index (χ4v) is 1.90. The molecule has 1 aromatic carbocycles. The predicted molar refractivity (Wildman–Crippen MR) is 61.2 cm³/mol. The summed E-state index contributed by atoms with van der Waals surface area (Å²) in [6.45, 7) is -1.02. The topological polar surface area (TPSA) is 66.8 Å². The van der Waals surface area contributed by atoms with Crippen LogP contribution in [0.15, 0.2) is 24.3 Å². The molecule has 1 aromatic rings. The number of ether oxygens (including phenoxy) is 1. The van der Waals surface area contributed by atoms with Gasteiger partial charge >= 0.3 is 12.1 Å². The summed E-state index contributed by atoms with van der Waals surface area (Å²) in [4.78, 5) is 23.3. The minimum atomic E-state index is -4.63. The second-order valence-electron chi connectivity index (χ2n) is 4.16. The van der Waals surface area contributed by atoms with E-state index in [1.807, 2.05) is 0 Å². The number of halogens is 3. The lowest BCUT2D eigenvalue weighted by Gasteiger charge is -2.32. The van der Waals surface area contributed by atoms with E-state index in [9.17, 15) is 22.8 Å². The molecule has 8 heteroatoms. The molecule has 1 aliphatic heterocycles. The molecule has 1 amide bonds. The smallest absolute Gasteiger partial charge is 0.418 e. The largest absolute Gasteiger partial charge is 0.479 e. The van der Waals surface area contributed by atoms with Crippen molar-refractivity contribution in [3.05, 3.63) is 29.8 Å². The van der Waals surface area contributed by atoms with Gasteiger partial charge in [0.2, 0.25) is 0 Å². The Morgan fingerprint density at radius 2 is 2.00 bits per heavy atom. The van der Waals surface area contributed by atoms with Gasteiger partial charge in [-0.3, -0.25) is 4.79 Å². The standard InChI is InChI=1S/C12H10F3NO4/c13-12(14,15)7-3-1-2-4-8(7)16-5-9(11(18)19)20-6-10(16)17/h1-4,9H,5-6H2,(H,18,19). The van der Waals surface area contributed by atoms with Gasteiger partial charge < -0.3 is 14.7 Å². The molecule has 20 heavy (non-hydrogen) atoms. The minimum Gasteiger partial charge on any atom is -0.479 e. The lowest BCUT2D eigenvalue weighted by atomic mass is 10.1. The van der Waals surface area contributed by atoms with E-state index in [1.54, 1.807) is 0 Å². The van der Waals surface area contributed by atoms with E-state index in [-0.39, 0.29) is 5.69 Å². The number of para-hydroxylation sites is 1. The van der Waals surface area contributed by atoms with Crippen molar-refractivity contribution in [2.75, 3.05) is 18.1 Å². The van der Waals surface area contributed by atoms with Crippen molar-refractivity contribution in [2.45, 2.75) is 12.3 Å². The summed E-state index contributed by atoms with van der Waals surface area (Å²) >= 11 is 0. The van der Waals surface area contributed by atoms with E-state index < -0.39 is 42.9 Å². The fourth-order valence-electron chi connectivity index (χ4n) is 1.90. The molecule has 2 rings (SSSR count). The van der Waals surface area contributed by atoms with Gasteiger partial charge in [-0.1, -0.05) is 12.1 Å². The molecule has 0 saturated carbocycles. The number of aliphatic carboxylic acids is 1. The maximum atomic E-state index is 12.9. The first-order valence-corrected chi connectivity index (χ1v) is 5.61. The summed E-state index contributed by atoms with van der Waals surface area (Å²) in [5.74, 6) is -2.04. The van der Waals surface area contributed by atoms with E-state index in [0.29, 0.717) is 0 Å². The molecule has 1 N–H and O–H groups in total. The molecule has 5 nitrogen and oxygen atoms in total. The van der Waals surface area contributed by atoms with Crippen LogP contribution >= 0.6 is 0 Å². The molecule has 0 bridgehead atoms. The summed E-state index contributed by atoms with van der Waals surface area (Å²) in [6.07, 6.45) is -5.97. The molecule has 1 saturated heterocycles. The van der Waals surface area contributed by atoms with Crippen LogP contribution in [0, 0.1) is 0 Å². The lowest BCUT2D eigenvalue weighted by Crippen LogP contribution is -2.50. The third kappa shape index (κ3) is 2.74. The monoisotopic (exact) mass is 289 g/mol. The van der Waals surface area contributed by atoms with Gasteiger partial charge in [0.1, 0.15) is 6.61 Å². The molecular formula is C12H10F3NO4. The number of morpholine rings is 1. The highest BCUT2D eigenvalue weighted by Crippen LogP contribution is 2.37. The van der Waals surface area contributed by atoms with Crippen LogP contribution in [0.2, 0.25) is 0 Å². The third-order valence-electron chi connectivity index (χ3n) is 2.83. The number of carbonyl (C=O) groups is 2. The number of nitrogens with zero attached hydrogens (tertiary/aromatic N) is 1. The zero-order valence-corrected chi connectivity index (χ0v) is 10.1. The van der Waals surface area contributed by atoms with Crippen molar-refractivity contribution in [1.29, 1.82) is 0 Å². The summed E-state index contributed by atoms with van der Waals surface area (Å²) in [6, 6.07) is 4.52. The number of carboxylic acid groups (broad SMARTS) is 1. The van der Waals surface area contributed by atoms with Crippen LogP contribution in [0.4, 0.5) is 18.9 Å². The van der Waals surface area contributed by atoms with Crippen LogP contribution in [0.25, 0.3) is 0 Å². The van der Waals surface area contributed by atoms with E-state index in [0.717, 1.165) is 17.0 Å². The average molecular weight is 289 g/mol. The van der Waals surface area contributed by atoms with Crippen molar-refractivity contribution in [2.24, 2.45) is 0 Å². The maximum Gasteiger partial charge on any atom is 0.418 e. The predicted octanol–water partition coefficient (Wildman–Crippen LogP) is 1.52. The number of amides is 1. The van der Waals surface area contributed by atoms with E-state index in [1.165, 1.54) is 12.1 Å². The molecule has 1 aliphatic rings. The Kier molecular flexibility index (Phi) is 3.67. The highest BCUT2D eigenvalue weighted by atomic mass is 19.4. The van der Waals surface area contributed by atoms with Crippen LogP contribution in [-0.4, -0.2) is 36.2 Å². The van der Waals surface area contributed by atoms with Crippen LogP contribution in [0.1, 0.15) is 5.56 Å². The SMILES string of the molecule is O=C(O)C1CN(c2ccccc2C(F)(F)F)C(=O)CO1. The van der Waals surface area contributed by atoms with E-state index in [4.69, 9.17) is 9.84 Å². The summed E-state index contributed by atoms with van der Waals surface area (Å²) in [7, 11) is 0. The van der Waals surface area contributed by atoms with E-state index in [2.05, 4.69) is 0 Å². The highest BCUT2D eigenvalue weighted by molar-refractivity contribution is 5.97. The molecule has 1 heterocycles. The molecule has 1 fully saturated rings. The second-order valence-corrected chi connectivity index (χ2v) is 4.16. The Morgan fingerprint density at radius 3 is 2.60 bits per heavy atom. The van der Waals surface area contributed by atoms with Gasteiger partial charge in [0.25, 0.3) is 5.91 Å². The minimum absolute atomic E-state index is 0.362. The molecule has 0 radical (unpaired) electrons. The van der Waals surface area contributed by atoms with Crippen molar-refractivity contribution in [3.8, 4) is 0 Å². The first kappa shape index (κ1) is 14.3. The van der Waals surface area contributed by atoms with Gasteiger partial charge in [0.15, 0.2) is 6.10 Å². The molecule has 1 unspecified atom stereocenters. The first-order valence-electron chi connectivity index (χ1n) is 5.61. The Labute approximate surface area is 111 Å². The van der Waals surface area contributed by atoms with Crippen molar-refractivity contribution in [1.82, 2.24) is 0 Å². The summed E-state index contributed by atoms with van der Waals surface area (Å²) in [5, 5.41) is 8.83. The van der Waals surface area contributed by atoms with Crippen LogP contribution in [-0.2, 0) is 20.5 Å². The van der Waals surface area contributed by atoms with Gasteiger partial charge in [-0.2, -0.15) is 13.2 Å². The quantitative estimate of drug-likeness (QED) is 0.896. The molecule has 108 valence electrons. The Morgan fingerprint density at radius 1 is 1.35 bits per heavy atom. The zero-order valence-electron chi connectivity index (χ0n) is 10.1. The molecule has 0 aromatic heterocycles. The van der Waals surface area contributed by atoms with E-state index >= 15 is 0 Å². The van der Waals surface area contributed by atoms with Crippen molar-refractivity contribution < 1.29 is 32.6 Å².